The van der Waals surface area contributed by atoms with Crippen molar-refractivity contribution in [1.29, 1.82) is 0 Å². The van der Waals surface area contributed by atoms with Gasteiger partial charge in [0.25, 0.3) is 5.91 Å². The zero-order chi connectivity index (χ0) is 25.8. The lowest BCUT2D eigenvalue weighted by atomic mass is 10.1. The maximum Gasteiger partial charge on any atom is 0.416 e. The van der Waals surface area contributed by atoms with Gasteiger partial charge in [0.1, 0.15) is 5.75 Å². The Kier molecular flexibility index (Phi) is 7.52. The van der Waals surface area contributed by atoms with Gasteiger partial charge in [0.05, 0.1) is 30.0 Å². The smallest absolute Gasteiger partial charge is 0.416 e. The summed E-state index contributed by atoms with van der Waals surface area (Å²) in [6, 6.07) is 11.2. The number of carbonyl (C=O) groups is 2. The molecule has 0 aliphatic rings. The number of ether oxygens (including phenoxy) is 2. The summed E-state index contributed by atoms with van der Waals surface area (Å²) in [7, 11) is 1.30. The number of amides is 1. The average molecular weight is 489 g/mol. The van der Waals surface area contributed by atoms with Crippen LogP contribution in [-0.2, 0) is 22.9 Å². The van der Waals surface area contributed by atoms with Crippen LogP contribution in [0, 0.1) is 0 Å². The second kappa shape index (κ2) is 10.2. The van der Waals surface area contributed by atoms with E-state index in [1.807, 2.05) is 20.8 Å². The van der Waals surface area contributed by atoms with E-state index in [1.54, 1.807) is 24.3 Å². The van der Waals surface area contributed by atoms with Crippen LogP contribution < -0.4 is 10.1 Å². The fourth-order valence-corrected chi connectivity index (χ4v) is 3.32. The van der Waals surface area contributed by atoms with Crippen LogP contribution in [0.5, 0.6) is 11.5 Å². The number of rotatable bonds is 7. The Bertz CT molecular complexity index is 1200. The monoisotopic (exact) mass is 489 g/mol. The summed E-state index contributed by atoms with van der Waals surface area (Å²) in [4.78, 5) is 24.6. The molecule has 0 fully saturated rings. The van der Waals surface area contributed by atoms with Gasteiger partial charge in [-0.2, -0.15) is 18.3 Å². The minimum atomic E-state index is -4.52. The first kappa shape index (κ1) is 25.8. The van der Waals surface area contributed by atoms with Crippen LogP contribution in [0.15, 0.2) is 54.7 Å². The molecule has 0 aliphatic carbocycles. The molecule has 1 N–H and O–H groups in total. The van der Waals surface area contributed by atoms with E-state index in [4.69, 9.17) is 4.74 Å². The molecule has 0 aliphatic heterocycles. The first-order chi connectivity index (χ1) is 16.4. The maximum atomic E-state index is 13.1. The van der Waals surface area contributed by atoms with Crippen molar-refractivity contribution < 1.29 is 32.2 Å². The number of hydrogen-bond acceptors (Lipinski definition) is 5. The summed E-state index contributed by atoms with van der Waals surface area (Å²) >= 11 is 0. The number of methoxy groups -OCH3 is 1. The van der Waals surface area contributed by atoms with E-state index in [2.05, 4.69) is 15.2 Å². The van der Waals surface area contributed by atoms with Gasteiger partial charge in [0, 0.05) is 6.54 Å². The van der Waals surface area contributed by atoms with Gasteiger partial charge in [0.15, 0.2) is 11.4 Å². The summed E-state index contributed by atoms with van der Waals surface area (Å²) in [6.45, 7) is 5.80. The Morgan fingerprint density at radius 3 is 2.34 bits per heavy atom. The van der Waals surface area contributed by atoms with Gasteiger partial charge < -0.3 is 14.8 Å². The molecule has 186 valence electrons. The van der Waals surface area contributed by atoms with Gasteiger partial charge >= 0.3 is 12.1 Å². The van der Waals surface area contributed by atoms with E-state index in [1.165, 1.54) is 30.1 Å². The number of carbonyl (C=O) groups excluding carboxylic acids is 2. The lowest BCUT2D eigenvalue weighted by Crippen LogP contribution is -2.33. The van der Waals surface area contributed by atoms with E-state index >= 15 is 0 Å². The van der Waals surface area contributed by atoms with E-state index in [9.17, 15) is 22.8 Å². The number of hydrogen-bond donors (Lipinski definition) is 1. The van der Waals surface area contributed by atoms with Gasteiger partial charge in [-0.05, 0) is 63.1 Å². The SMILES string of the molecule is COC(=O)c1ccc(CCNC(=O)c2c(Oc3cccc(C(F)(F)F)c3)cnn2C(C)(C)C)cc1. The summed E-state index contributed by atoms with van der Waals surface area (Å²) in [6.07, 6.45) is -2.73. The van der Waals surface area contributed by atoms with Crippen LogP contribution in [-0.4, -0.2) is 35.3 Å². The number of nitrogens with zero attached hydrogens (tertiary/aromatic N) is 2. The third-order valence-electron chi connectivity index (χ3n) is 5.05. The Morgan fingerprint density at radius 1 is 1.06 bits per heavy atom. The fraction of sp³-hybridized carbons (Fsp3) is 0.320. The highest BCUT2D eigenvalue weighted by atomic mass is 19.4. The third kappa shape index (κ3) is 6.40. The molecular weight excluding hydrogens is 463 g/mol. The highest BCUT2D eigenvalue weighted by Crippen LogP contribution is 2.34. The maximum absolute atomic E-state index is 13.1. The molecule has 0 saturated carbocycles. The molecule has 0 saturated heterocycles. The molecule has 35 heavy (non-hydrogen) atoms. The van der Waals surface area contributed by atoms with E-state index in [0.717, 1.165) is 17.7 Å². The summed E-state index contributed by atoms with van der Waals surface area (Å²) in [5, 5.41) is 7.05. The Hall–Kier alpha value is -3.82. The molecule has 0 spiro atoms. The van der Waals surface area contributed by atoms with Crippen molar-refractivity contribution in [2.24, 2.45) is 0 Å². The molecule has 0 unspecified atom stereocenters. The van der Waals surface area contributed by atoms with Crippen LogP contribution >= 0.6 is 0 Å². The Labute approximate surface area is 200 Å². The minimum absolute atomic E-state index is 0.0409. The highest BCUT2D eigenvalue weighted by molar-refractivity contribution is 5.95. The summed E-state index contributed by atoms with van der Waals surface area (Å²) < 4.78 is 51.0. The minimum Gasteiger partial charge on any atom is -0.465 e. The van der Waals surface area contributed by atoms with Crippen molar-refractivity contribution in [1.82, 2.24) is 15.1 Å². The summed E-state index contributed by atoms with van der Waals surface area (Å²) in [5.74, 6) is -0.939. The molecule has 10 heteroatoms. The topological polar surface area (TPSA) is 82.4 Å². The summed E-state index contributed by atoms with van der Waals surface area (Å²) in [5.41, 5.74) is -0.0434. The third-order valence-corrected chi connectivity index (χ3v) is 5.05. The van der Waals surface area contributed by atoms with Crippen LogP contribution in [0.1, 0.15) is 52.7 Å². The second-order valence-electron chi connectivity index (χ2n) is 8.76. The Morgan fingerprint density at radius 2 is 1.74 bits per heavy atom. The number of aromatic nitrogens is 2. The first-order valence-corrected chi connectivity index (χ1v) is 10.8. The molecule has 0 bridgehead atoms. The molecule has 1 aromatic heterocycles. The number of benzene rings is 2. The van der Waals surface area contributed by atoms with Crippen LogP contribution in [0.25, 0.3) is 0 Å². The molecule has 3 aromatic rings. The molecule has 3 rings (SSSR count). The van der Waals surface area contributed by atoms with Crippen molar-refractivity contribution in [2.75, 3.05) is 13.7 Å². The standard InChI is InChI=1S/C25H26F3N3O4/c1-24(2,3)31-21(20(15-30-31)35-19-7-5-6-18(14-19)25(26,27)28)22(32)29-13-12-16-8-10-17(11-9-16)23(33)34-4/h5-11,14-15H,12-13H2,1-4H3,(H,29,32). The van der Waals surface area contributed by atoms with Gasteiger partial charge in [-0.25, -0.2) is 4.79 Å². The number of halogens is 3. The Balaban J connectivity index is 1.77. The van der Waals surface area contributed by atoms with Gasteiger partial charge in [-0.3, -0.25) is 9.48 Å². The van der Waals surface area contributed by atoms with Crippen molar-refractivity contribution in [3.05, 3.63) is 77.1 Å². The van der Waals surface area contributed by atoms with Crippen molar-refractivity contribution >= 4 is 11.9 Å². The molecule has 2 aromatic carbocycles. The fourth-order valence-electron chi connectivity index (χ4n) is 3.32. The van der Waals surface area contributed by atoms with Gasteiger partial charge in [-0.15, -0.1) is 0 Å². The predicted octanol–water partition coefficient (Wildman–Crippen LogP) is 5.21. The van der Waals surface area contributed by atoms with Gasteiger partial charge in [0.2, 0.25) is 0 Å². The normalized spacial score (nSPS) is 11.7. The lowest BCUT2D eigenvalue weighted by molar-refractivity contribution is -0.137. The lowest BCUT2D eigenvalue weighted by Gasteiger charge is -2.22. The number of nitrogens with one attached hydrogen (secondary N) is 1. The molecule has 1 amide bonds. The van der Waals surface area contributed by atoms with Gasteiger partial charge in [-0.1, -0.05) is 18.2 Å². The predicted molar refractivity (Wildman–Crippen MR) is 123 cm³/mol. The van der Waals surface area contributed by atoms with Crippen molar-refractivity contribution in [2.45, 2.75) is 38.9 Å². The largest absolute Gasteiger partial charge is 0.465 e. The zero-order valence-corrected chi connectivity index (χ0v) is 19.8. The van der Waals surface area contributed by atoms with Crippen LogP contribution in [0.3, 0.4) is 0 Å². The second-order valence-corrected chi connectivity index (χ2v) is 8.76. The van der Waals surface area contributed by atoms with E-state index in [0.29, 0.717) is 12.0 Å². The molecule has 0 atom stereocenters. The van der Waals surface area contributed by atoms with E-state index < -0.39 is 29.2 Å². The average Bonchev–Trinajstić information content (AvgIpc) is 3.23. The molecule has 1 heterocycles. The zero-order valence-electron chi connectivity index (χ0n) is 19.8. The quantitative estimate of drug-likeness (QED) is 0.461. The van der Waals surface area contributed by atoms with Crippen molar-refractivity contribution in [3.63, 3.8) is 0 Å². The van der Waals surface area contributed by atoms with Crippen LogP contribution in [0.4, 0.5) is 13.2 Å². The molecule has 0 radical (unpaired) electrons. The van der Waals surface area contributed by atoms with E-state index in [-0.39, 0.29) is 23.7 Å². The number of esters is 1. The molecule has 7 nitrogen and oxygen atoms in total. The van der Waals surface area contributed by atoms with Crippen molar-refractivity contribution in [3.8, 4) is 11.5 Å². The highest BCUT2D eigenvalue weighted by Gasteiger charge is 2.31. The van der Waals surface area contributed by atoms with Crippen LogP contribution in [0.2, 0.25) is 0 Å². The molecular formula is C25H26F3N3O4. The number of alkyl halides is 3. The first-order valence-electron chi connectivity index (χ1n) is 10.8.